The molecule has 1 atom stereocenters. The van der Waals surface area contributed by atoms with Crippen LogP contribution in [0, 0.1) is 0 Å². The van der Waals surface area contributed by atoms with Crippen molar-refractivity contribution in [2.24, 2.45) is 0 Å². The summed E-state index contributed by atoms with van der Waals surface area (Å²) in [6.07, 6.45) is 3.47. The predicted molar refractivity (Wildman–Crippen MR) is 65.9 cm³/mol. The molecule has 3 rings (SSSR count). The second-order valence-corrected chi connectivity index (χ2v) is 4.34. The molecular weight excluding hydrogens is 214 g/mol. The van der Waals surface area contributed by atoms with Gasteiger partial charge in [-0.05, 0) is 24.0 Å². The third kappa shape index (κ3) is 1.62. The third-order valence-corrected chi connectivity index (χ3v) is 3.31. The van der Waals surface area contributed by atoms with Gasteiger partial charge in [0.1, 0.15) is 11.5 Å². The summed E-state index contributed by atoms with van der Waals surface area (Å²) in [5, 5.41) is 0. The van der Waals surface area contributed by atoms with Crippen molar-refractivity contribution in [1.29, 1.82) is 0 Å². The van der Waals surface area contributed by atoms with Gasteiger partial charge in [-0.2, -0.15) is 0 Å². The minimum atomic E-state index is -0.251. The van der Waals surface area contributed by atoms with Crippen molar-refractivity contribution in [2.75, 3.05) is 5.73 Å². The lowest BCUT2D eigenvalue weighted by atomic mass is 10.0. The quantitative estimate of drug-likeness (QED) is 0.774. The predicted octanol–water partition coefficient (Wildman–Crippen LogP) is 1.43. The molecule has 0 amide bonds. The number of nitrogens with one attached hydrogen (secondary N) is 1. The molecule has 1 aromatic carbocycles. The first-order chi connectivity index (χ1) is 8.25. The summed E-state index contributed by atoms with van der Waals surface area (Å²) in [7, 11) is 0. The van der Waals surface area contributed by atoms with Crippen LogP contribution < -0.4 is 11.3 Å². The number of benzene rings is 1. The highest BCUT2D eigenvalue weighted by molar-refractivity contribution is 5.39. The molecule has 1 unspecified atom stereocenters. The Labute approximate surface area is 98.5 Å². The molecule has 3 N–H and O–H groups in total. The normalized spacial score (nSPS) is 18.0. The van der Waals surface area contributed by atoms with Gasteiger partial charge in [0.15, 0.2) is 0 Å². The van der Waals surface area contributed by atoms with Crippen LogP contribution in [-0.4, -0.2) is 9.97 Å². The van der Waals surface area contributed by atoms with E-state index in [0.29, 0.717) is 5.82 Å². The minimum Gasteiger partial charge on any atom is -0.393 e. The summed E-state index contributed by atoms with van der Waals surface area (Å²) in [6.45, 7) is 0. The molecule has 0 spiro atoms. The zero-order chi connectivity index (χ0) is 11.8. The smallest absolute Gasteiger partial charge is 0.274 e. The molecule has 0 aliphatic heterocycles. The van der Waals surface area contributed by atoms with Crippen LogP contribution in [0.2, 0.25) is 0 Å². The lowest BCUT2D eigenvalue weighted by Crippen LogP contribution is -2.17. The molecule has 17 heavy (non-hydrogen) atoms. The van der Waals surface area contributed by atoms with Crippen molar-refractivity contribution < 1.29 is 0 Å². The van der Waals surface area contributed by atoms with Crippen molar-refractivity contribution in [3.05, 3.63) is 57.8 Å². The molecule has 0 fully saturated rings. The molecular formula is C13H13N3O. The molecule has 0 saturated carbocycles. The van der Waals surface area contributed by atoms with Crippen molar-refractivity contribution in [2.45, 2.75) is 18.8 Å². The highest BCUT2D eigenvalue weighted by atomic mass is 16.1. The number of aromatic amines is 1. The highest BCUT2D eigenvalue weighted by Gasteiger charge is 2.25. The number of nitrogens with zero attached hydrogens (tertiary/aromatic N) is 1. The van der Waals surface area contributed by atoms with E-state index in [1.54, 1.807) is 0 Å². The molecule has 0 saturated heterocycles. The Morgan fingerprint density at radius 3 is 3.00 bits per heavy atom. The van der Waals surface area contributed by atoms with E-state index in [-0.39, 0.29) is 17.2 Å². The third-order valence-electron chi connectivity index (χ3n) is 3.31. The second-order valence-electron chi connectivity index (χ2n) is 4.34. The van der Waals surface area contributed by atoms with Crippen LogP contribution in [0.15, 0.2) is 35.3 Å². The van der Waals surface area contributed by atoms with Crippen LogP contribution in [0.5, 0.6) is 0 Å². The van der Waals surface area contributed by atoms with Gasteiger partial charge < -0.3 is 10.7 Å². The highest BCUT2D eigenvalue weighted by Crippen LogP contribution is 2.35. The Morgan fingerprint density at radius 2 is 2.18 bits per heavy atom. The summed E-state index contributed by atoms with van der Waals surface area (Å²) in [6, 6.07) is 8.29. The van der Waals surface area contributed by atoms with Crippen LogP contribution in [0.4, 0.5) is 5.69 Å². The van der Waals surface area contributed by atoms with Gasteiger partial charge in [0, 0.05) is 5.92 Å². The van der Waals surface area contributed by atoms with E-state index in [1.807, 2.05) is 12.1 Å². The Kier molecular flexibility index (Phi) is 2.21. The molecule has 2 aromatic rings. The number of nitrogen functional groups attached to an aromatic ring is 1. The van der Waals surface area contributed by atoms with E-state index in [9.17, 15) is 4.79 Å². The average molecular weight is 227 g/mol. The van der Waals surface area contributed by atoms with Crippen LogP contribution in [-0.2, 0) is 6.42 Å². The number of anilines is 1. The standard InChI is InChI=1S/C13H13N3O/c14-11-7-15-12(16-13(11)17)10-6-5-8-3-1-2-4-9(8)10/h1-4,7,10H,5-6,14H2,(H,15,16,17). The largest absolute Gasteiger partial charge is 0.393 e. The van der Waals surface area contributed by atoms with E-state index < -0.39 is 0 Å². The summed E-state index contributed by atoms with van der Waals surface area (Å²) in [4.78, 5) is 18.5. The zero-order valence-electron chi connectivity index (χ0n) is 9.31. The SMILES string of the molecule is Nc1cnc(C2CCc3ccccc32)[nH]c1=O. The van der Waals surface area contributed by atoms with Gasteiger partial charge >= 0.3 is 0 Å². The van der Waals surface area contributed by atoms with E-state index in [2.05, 4.69) is 22.1 Å². The molecule has 1 heterocycles. The van der Waals surface area contributed by atoms with Crippen molar-refractivity contribution in [3.63, 3.8) is 0 Å². The van der Waals surface area contributed by atoms with Crippen LogP contribution in [0.25, 0.3) is 0 Å². The molecule has 0 bridgehead atoms. The van der Waals surface area contributed by atoms with Gasteiger partial charge in [-0.3, -0.25) is 4.79 Å². The summed E-state index contributed by atoms with van der Waals surface area (Å²) in [5.74, 6) is 0.911. The lowest BCUT2D eigenvalue weighted by Gasteiger charge is -2.10. The minimum absolute atomic E-state index is 0.167. The maximum absolute atomic E-state index is 11.5. The van der Waals surface area contributed by atoms with Crippen LogP contribution in [0.1, 0.15) is 29.3 Å². The van der Waals surface area contributed by atoms with Gasteiger partial charge in [-0.1, -0.05) is 24.3 Å². The Morgan fingerprint density at radius 1 is 1.35 bits per heavy atom. The fourth-order valence-electron chi connectivity index (χ4n) is 2.44. The Balaban J connectivity index is 2.07. The van der Waals surface area contributed by atoms with Gasteiger partial charge in [-0.25, -0.2) is 4.98 Å². The first-order valence-corrected chi connectivity index (χ1v) is 5.68. The van der Waals surface area contributed by atoms with E-state index in [0.717, 1.165) is 12.8 Å². The molecule has 86 valence electrons. The lowest BCUT2D eigenvalue weighted by molar-refractivity contribution is 0.724. The fourth-order valence-corrected chi connectivity index (χ4v) is 2.44. The van der Waals surface area contributed by atoms with Crippen molar-refractivity contribution >= 4 is 5.69 Å². The van der Waals surface area contributed by atoms with Gasteiger partial charge in [0.25, 0.3) is 5.56 Å². The Hall–Kier alpha value is -2.10. The molecule has 0 radical (unpaired) electrons. The number of hydrogen-bond donors (Lipinski definition) is 2. The van der Waals surface area contributed by atoms with Gasteiger partial charge in [-0.15, -0.1) is 0 Å². The number of nitrogens with two attached hydrogens (primary N) is 1. The zero-order valence-corrected chi connectivity index (χ0v) is 9.31. The summed E-state index contributed by atoms with van der Waals surface area (Å²) >= 11 is 0. The monoisotopic (exact) mass is 227 g/mol. The summed E-state index contributed by atoms with van der Waals surface area (Å²) < 4.78 is 0. The van der Waals surface area contributed by atoms with Crippen molar-refractivity contribution in [1.82, 2.24) is 9.97 Å². The molecule has 4 heteroatoms. The van der Waals surface area contributed by atoms with Crippen LogP contribution in [0.3, 0.4) is 0 Å². The van der Waals surface area contributed by atoms with E-state index in [4.69, 9.17) is 5.73 Å². The number of aryl methyl sites for hydroxylation is 1. The van der Waals surface area contributed by atoms with Gasteiger partial charge in [0.2, 0.25) is 0 Å². The Bertz CT molecular complexity index is 618. The number of aromatic nitrogens is 2. The maximum atomic E-state index is 11.5. The number of hydrogen-bond acceptors (Lipinski definition) is 3. The first-order valence-electron chi connectivity index (χ1n) is 5.68. The number of rotatable bonds is 1. The van der Waals surface area contributed by atoms with E-state index in [1.165, 1.54) is 17.3 Å². The van der Waals surface area contributed by atoms with E-state index >= 15 is 0 Å². The molecule has 1 aliphatic carbocycles. The summed E-state index contributed by atoms with van der Waals surface area (Å²) in [5.41, 5.74) is 8.00. The molecule has 1 aliphatic rings. The first kappa shape index (κ1) is 10.1. The molecule has 1 aromatic heterocycles. The number of fused-ring (bicyclic) bond motifs is 1. The second kappa shape index (κ2) is 3.73. The fraction of sp³-hybridized carbons (Fsp3) is 0.231. The maximum Gasteiger partial charge on any atom is 0.274 e. The number of H-pyrrole nitrogens is 1. The molecule has 4 nitrogen and oxygen atoms in total. The van der Waals surface area contributed by atoms with Crippen molar-refractivity contribution in [3.8, 4) is 0 Å². The topological polar surface area (TPSA) is 71.8 Å². The van der Waals surface area contributed by atoms with Crippen LogP contribution >= 0.6 is 0 Å². The van der Waals surface area contributed by atoms with Gasteiger partial charge in [0.05, 0.1) is 6.20 Å². The average Bonchev–Trinajstić information content (AvgIpc) is 2.76.